The third kappa shape index (κ3) is 3.74. The molecule has 0 spiro atoms. The maximum Gasteiger partial charge on any atom is 0.241 e. The number of aryl methyl sites for hydroxylation is 1. The highest BCUT2D eigenvalue weighted by molar-refractivity contribution is 7.99. The first-order valence-electron chi connectivity index (χ1n) is 6.63. The summed E-state index contributed by atoms with van der Waals surface area (Å²) in [6, 6.07) is 7.22. The van der Waals surface area contributed by atoms with Gasteiger partial charge in [0.25, 0.3) is 0 Å². The molecule has 0 bridgehead atoms. The van der Waals surface area contributed by atoms with Crippen LogP contribution in [0.5, 0.6) is 0 Å². The van der Waals surface area contributed by atoms with Crippen molar-refractivity contribution in [1.82, 2.24) is 4.72 Å². The Morgan fingerprint density at radius 3 is 2.37 bits per heavy atom. The molecule has 0 saturated heterocycles. The third-order valence-electron chi connectivity index (χ3n) is 3.71. The van der Waals surface area contributed by atoms with E-state index < -0.39 is 10.0 Å². The standard InChI is InChI=1S/C14H21NO2S2/c1-11-5-3-4-6-14(11)19(16,17)15-12-7-9-13(18-2)10-8-12/h3-6,12-13,15H,7-10H2,1-2H3. The largest absolute Gasteiger partial charge is 0.241 e. The number of sulfonamides is 1. The monoisotopic (exact) mass is 299 g/mol. The maximum atomic E-state index is 12.4. The molecule has 1 fully saturated rings. The first-order valence-corrected chi connectivity index (χ1v) is 9.41. The van der Waals surface area contributed by atoms with Gasteiger partial charge in [0.2, 0.25) is 10.0 Å². The highest BCUT2D eigenvalue weighted by Crippen LogP contribution is 2.28. The molecule has 0 aromatic heterocycles. The van der Waals surface area contributed by atoms with Crippen molar-refractivity contribution < 1.29 is 8.42 Å². The topological polar surface area (TPSA) is 46.2 Å². The number of rotatable bonds is 4. The Morgan fingerprint density at radius 1 is 1.16 bits per heavy atom. The van der Waals surface area contributed by atoms with Gasteiger partial charge in [0.15, 0.2) is 0 Å². The van der Waals surface area contributed by atoms with Crippen molar-refractivity contribution in [1.29, 1.82) is 0 Å². The van der Waals surface area contributed by atoms with Crippen LogP contribution in [0.2, 0.25) is 0 Å². The van der Waals surface area contributed by atoms with Crippen LogP contribution in [0, 0.1) is 6.92 Å². The summed E-state index contributed by atoms with van der Waals surface area (Å²) in [5.41, 5.74) is 0.799. The zero-order valence-corrected chi connectivity index (χ0v) is 13.1. The van der Waals surface area contributed by atoms with Gasteiger partial charge in [0.05, 0.1) is 4.90 Å². The molecule has 0 heterocycles. The number of hydrogen-bond donors (Lipinski definition) is 1. The lowest BCUT2D eigenvalue weighted by Gasteiger charge is -2.28. The van der Waals surface area contributed by atoms with Crippen LogP contribution in [-0.4, -0.2) is 26.0 Å². The number of hydrogen-bond acceptors (Lipinski definition) is 3. The van der Waals surface area contributed by atoms with Crippen LogP contribution in [-0.2, 0) is 10.0 Å². The van der Waals surface area contributed by atoms with E-state index in [4.69, 9.17) is 0 Å². The van der Waals surface area contributed by atoms with E-state index in [2.05, 4.69) is 11.0 Å². The van der Waals surface area contributed by atoms with Crippen molar-refractivity contribution in [2.75, 3.05) is 6.26 Å². The Balaban J connectivity index is 2.05. The van der Waals surface area contributed by atoms with E-state index in [9.17, 15) is 8.42 Å². The zero-order chi connectivity index (χ0) is 13.9. The van der Waals surface area contributed by atoms with Crippen molar-refractivity contribution in [3.8, 4) is 0 Å². The fourth-order valence-corrected chi connectivity index (χ4v) is 4.85. The molecule has 0 aliphatic heterocycles. The molecule has 1 saturated carbocycles. The van der Waals surface area contributed by atoms with Crippen LogP contribution in [0.1, 0.15) is 31.2 Å². The van der Waals surface area contributed by atoms with Gasteiger partial charge in [0, 0.05) is 11.3 Å². The second-order valence-electron chi connectivity index (χ2n) is 5.10. The molecule has 1 N–H and O–H groups in total. The van der Waals surface area contributed by atoms with Gasteiger partial charge < -0.3 is 0 Å². The van der Waals surface area contributed by atoms with Gasteiger partial charge in [0.1, 0.15) is 0 Å². The molecule has 0 atom stereocenters. The molecule has 1 aromatic rings. The van der Waals surface area contributed by atoms with E-state index in [1.165, 1.54) is 0 Å². The Kier molecular flexibility index (Phi) is 4.92. The van der Waals surface area contributed by atoms with Crippen LogP contribution in [0.4, 0.5) is 0 Å². The van der Waals surface area contributed by atoms with E-state index in [-0.39, 0.29) is 6.04 Å². The predicted octanol–water partition coefficient (Wildman–Crippen LogP) is 2.95. The molecular weight excluding hydrogens is 278 g/mol. The molecule has 0 radical (unpaired) electrons. The summed E-state index contributed by atoms with van der Waals surface area (Å²) in [7, 11) is -3.37. The summed E-state index contributed by atoms with van der Waals surface area (Å²) in [6.45, 7) is 1.83. The van der Waals surface area contributed by atoms with Gasteiger partial charge in [-0.25, -0.2) is 13.1 Å². The fourth-order valence-electron chi connectivity index (χ4n) is 2.56. The van der Waals surface area contributed by atoms with Gasteiger partial charge >= 0.3 is 0 Å². The molecule has 0 amide bonds. The first-order chi connectivity index (χ1) is 9.03. The SMILES string of the molecule is CSC1CCC(NS(=O)(=O)c2ccccc2C)CC1. The first kappa shape index (κ1) is 14.9. The summed E-state index contributed by atoms with van der Waals surface area (Å²) in [4.78, 5) is 0.405. The second kappa shape index (κ2) is 6.29. The average Bonchev–Trinajstić information content (AvgIpc) is 2.39. The van der Waals surface area contributed by atoms with E-state index >= 15 is 0 Å². The minimum absolute atomic E-state index is 0.0907. The van der Waals surface area contributed by atoms with Crippen molar-refractivity contribution in [3.05, 3.63) is 29.8 Å². The smallest absolute Gasteiger partial charge is 0.208 e. The quantitative estimate of drug-likeness (QED) is 0.930. The average molecular weight is 299 g/mol. The summed E-state index contributed by atoms with van der Waals surface area (Å²) >= 11 is 1.89. The highest BCUT2D eigenvalue weighted by atomic mass is 32.2. The number of benzene rings is 1. The van der Waals surface area contributed by atoms with Crippen LogP contribution >= 0.6 is 11.8 Å². The number of nitrogens with one attached hydrogen (secondary N) is 1. The van der Waals surface area contributed by atoms with Gasteiger partial charge in [-0.1, -0.05) is 18.2 Å². The molecule has 0 unspecified atom stereocenters. The molecule has 19 heavy (non-hydrogen) atoms. The highest BCUT2D eigenvalue weighted by Gasteiger charge is 2.25. The third-order valence-corrected chi connectivity index (χ3v) is 6.53. The predicted molar refractivity (Wildman–Crippen MR) is 81.1 cm³/mol. The van der Waals surface area contributed by atoms with E-state index in [0.29, 0.717) is 10.1 Å². The van der Waals surface area contributed by atoms with Crippen molar-refractivity contribution >= 4 is 21.8 Å². The molecule has 1 aliphatic carbocycles. The number of thioether (sulfide) groups is 1. The summed E-state index contributed by atoms with van der Waals surface area (Å²) in [5, 5.41) is 0.694. The molecule has 3 nitrogen and oxygen atoms in total. The lowest BCUT2D eigenvalue weighted by atomic mass is 9.96. The van der Waals surface area contributed by atoms with Gasteiger partial charge in [-0.2, -0.15) is 11.8 Å². The molecule has 5 heteroatoms. The normalized spacial score (nSPS) is 24.3. The lowest BCUT2D eigenvalue weighted by molar-refractivity contribution is 0.420. The van der Waals surface area contributed by atoms with E-state index in [1.54, 1.807) is 12.1 Å². The van der Waals surface area contributed by atoms with Crippen molar-refractivity contribution in [2.24, 2.45) is 0 Å². The van der Waals surface area contributed by atoms with Crippen LogP contribution < -0.4 is 4.72 Å². The summed E-state index contributed by atoms with van der Waals surface area (Å²) < 4.78 is 27.6. The van der Waals surface area contributed by atoms with Crippen LogP contribution in [0.25, 0.3) is 0 Å². The molecular formula is C14H21NO2S2. The summed E-state index contributed by atoms with van der Waals surface area (Å²) in [5.74, 6) is 0. The maximum absolute atomic E-state index is 12.4. The van der Waals surface area contributed by atoms with Crippen molar-refractivity contribution in [3.63, 3.8) is 0 Å². The Hall–Kier alpha value is -0.520. The van der Waals surface area contributed by atoms with Gasteiger partial charge in [-0.05, 0) is 50.5 Å². The minimum Gasteiger partial charge on any atom is -0.208 e. The van der Waals surface area contributed by atoms with E-state index in [0.717, 1.165) is 31.2 Å². The second-order valence-corrected chi connectivity index (χ2v) is 7.92. The Morgan fingerprint density at radius 2 is 1.79 bits per heavy atom. The fraction of sp³-hybridized carbons (Fsp3) is 0.571. The van der Waals surface area contributed by atoms with E-state index in [1.807, 2.05) is 30.8 Å². The minimum atomic E-state index is -3.37. The Bertz CT molecular complexity index is 520. The molecule has 1 aromatic carbocycles. The Labute approximate surface area is 120 Å². The zero-order valence-electron chi connectivity index (χ0n) is 11.4. The van der Waals surface area contributed by atoms with Gasteiger partial charge in [-0.15, -0.1) is 0 Å². The molecule has 1 aliphatic rings. The summed E-state index contributed by atoms with van der Waals surface area (Å²) in [6.07, 6.45) is 6.21. The van der Waals surface area contributed by atoms with Crippen LogP contribution in [0.3, 0.4) is 0 Å². The van der Waals surface area contributed by atoms with Crippen molar-refractivity contribution in [2.45, 2.75) is 48.8 Å². The van der Waals surface area contributed by atoms with Crippen LogP contribution in [0.15, 0.2) is 29.2 Å². The molecule has 2 rings (SSSR count). The van der Waals surface area contributed by atoms with Gasteiger partial charge in [-0.3, -0.25) is 0 Å². The lowest BCUT2D eigenvalue weighted by Crippen LogP contribution is -2.38. The molecule has 106 valence electrons.